The van der Waals surface area contributed by atoms with Crippen LogP contribution in [0.2, 0.25) is 0 Å². The van der Waals surface area contributed by atoms with E-state index < -0.39 is 18.0 Å². The summed E-state index contributed by atoms with van der Waals surface area (Å²) >= 11 is 0. The lowest BCUT2D eigenvalue weighted by Crippen LogP contribution is -2.54. The fraction of sp³-hybridized carbons (Fsp3) is 0.583. The third-order valence-electron chi connectivity index (χ3n) is 5.90. The summed E-state index contributed by atoms with van der Waals surface area (Å²) in [5, 5.41) is 8.25. The van der Waals surface area contributed by atoms with Gasteiger partial charge in [-0.3, -0.25) is 19.2 Å². The van der Waals surface area contributed by atoms with Crippen molar-refractivity contribution in [2.75, 3.05) is 26.4 Å². The van der Waals surface area contributed by atoms with Gasteiger partial charge in [-0.1, -0.05) is 19.9 Å². The molecule has 3 rings (SSSR count). The Labute approximate surface area is 199 Å². The predicted molar refractivity (Wildman–Crippen MR) is 124 cm³/mol. The number of fused-ring (bicyclic) bond motifs is 1. The number of nitrogens with one attached hydrogen (secondary N) is 3. The predicted octanol–water partition coefficient (Wildman–Crippen LogP) is 0.732. The minimum Gasteiger partial charge on any atom is -0.454 e. The van der Waals surface area contributed by atoms with E-state index >= 15 is 0 Å². The summed E-state index contributed by atoms with van der Waals surface area (Å²) in [7, 11) is 0. The number of rotatable bonds is 3. The first kappa shape index (κ1) is 25.3. The number of hydrogen-bond acceptors (Lipinski definition) is 6. The van der Waals surface area contributed by atoms with Crippen LogP contribution in [-0.2, 0) is 25.6 Å². The summed E-state index contributed by atoms with van der Waals surface area (Å²) < 4.78 is 10.7. The number of nitrogens with zero attached hydrogens (tertiary/aromatic N) is 1. The summed E-state index contributed by atoms with van der Waals surface area (Å²) in [6, 6.07) is 3.96. The quantitative estimate of drug-likeness (QED) is 0.593. The molecule has 0 saturated carbocycles. The zero-order valence-electron chi connectivity index (χ0n) is 20.0. The summed E-state index contributed by atoms with van der Waals surface area (Å²) in [4.78, 5) is 52.2. The molecule has 4 amide bonds. The SMILES string of the molecule is CC(C)[C@H]1NC(=O)[C@@H](C)NC(=O)CCCN(C(=O)Cc2ccc3c(c2)OCO3)CCCNC1=O. The van der Waals surface area contributed by atoms with E-state index in [-0.39, 0.29) is 43.3 Å². The zero-order chi connectivity index (χ0) is 24.7. The van der Waals surface area contributed by atoms with Crippen LogP contribution in [0.3, 0.4) is 0 Å². The van der Waals surface area contributed by atoms with Crippen LogP contribution >= 0.6 is 0 Å². The Kier molecular flexibility index (Phi) is 8.72. The molecule has 0 radical (unpaired) electrons. The molecule has 186 valence electrons. The smallest absolute Gasteiger partial charge is 0.242 e. The molecule has 0 unspecified atom stereocenters. The van der Waals surface area contributed by atoms with Gasteiger partial charge in [0, 0.05) is 26.1 Å². The summed E-state index contributed by atoms with van der Waals surface area (Å²) in [6.45, 7) is 6.67. The minimum absolute atomic E-state index is 0.0693. The van der Waals surface area contributed by atoms with Crippen LogP contribution in [-0.4, -0.2) is 67.0 Å². The topological polar surface area (TPSA) is 126 Å². The van der Waals surface area contributed by atoms with Crippen molar-refractivity contribution in [2.45, 2.75) is 58.5 Å². The highest BCUT2D eigenvalue weighted by Crippen LogP contribution is 2.32. The maximum atomic E-state index is 13.1. The molecule has 2 aliphatic heterocycles. The molecule has 3 N–H and O–H groups in total. The molecule has 0 spiro atoms. The van der Waals surface area contributed by atoms with Crippen molar-refractivity contribution in [1.29, 1.82) is 0 Å². The van der Waals surface area contributed by atoms with Crippen LogP contribution in [0.4, 0.5) is 0 Å². The minimum atomic E-state index is -0.768. The Morgan fingerprint density at radius 3 is 2.56 bits per heavy atom. The number of ether oxygens (including phenoxy) is 2. The number of hydrogen-bond donors (Lipinski definition) is 3. The van der Waals surface area contributed by atoms with Crippen molar-refractivity contribution in [1.82, 2.24) is 20.9 Å². The van der Waals surface area contributed by atoms with Crippen LogP contribution in [0.5, 0.6) is 11.5 Å². The van der Waals surface area contributed by atoms with Gasteiger partial charge in [0.05, 0.1) is 6.42 Å². The third kappa shape index (κ3) is 6.85. The third-order valence-corrected chi connectivity index (χ3v) is 5.90. The average Bonchev–Trinajstić information content (AvgIpc) is 3.25. The number of benzene rings is 1. The zero-order valence-corrected chi connectivity index (χ0v) is 20.0. The van der Waals surface area contributed by atoms with E-state index in [9.17, 15) is 19.2 Å². The van der Waals surface area contributed by atoms with Gasteiger partial charge in [-0.05, 0) is 43.4 Å². The number of carbonyl (C=O) groups excluding carboxylic acids is 4. The van der Waals surface area contributed by atoms with Crippen LogP contribution in [0.15, 0.2) is 18.2 Å². The van der Waals surface area contributed by atoms with E-state index in [4.69, 9.17) is 9.47 Å². The molecule has 1 aromatic rings. The molecule has 10 nitrogen and oxygen atoms in total. The Balaban J connectivity index is 1.66. The highest BCUT2D eigenvalue weighted by atomic mass is 16.7. The maximum absolute atomic E-state index is 13.1. The van der Waals surface area contributed by atoms with Gasteiger partial charge >= 0.3 is 0 Å². The number of carbonyl (C=O) groups is 4. The van der Waals surface area contributed by atoms with E-state index in [1.165, 1.54) is 0 Å². The second-order valence-electron chi connectivity index (χ2n) is 9.01. The van der Waals surface area contributed by atoms with E-state index in [0.29, 0.717) is 44.0 Å². The van der Waals surface area contributed by atoms with Crippen molar-refractivity contribution in [3.8, 4) is 11.5 Å². The molecular formula is C24H34N4O6. The van der Waals surface area contributed by atoms with Gasteiger partial charge in [0.25, 0.3) is 0 Å². The second-order valence-corrected chi connectivity index (χ2v) is 9.01. The summed E-state index contributed by atoms with van der Waals surface area (Å²) in [5.41, 5.74) is 0.814. The molecule has 2 aliphatic rings. The molecular weight excluding hydrogens is 440 g/mol. The van der Waals surface area contributed by atoms with E-state index in [1.54, 1.807) is 24.0 Å². The van der Waals surface area contributed by atoms with Gasteiger partial charge in [0.2, 0.25) is 30.4 Å². The Morgan fingerprint density at radius 1 is 1.06 bits per heavy atom. The molecule has 1 aromatic carbocycles. The molecule has 34 heavy (non-hydrogen) atoms. The van der Waals surface area contributed by atoms with Crippen molar-refractivity contribution in [2.24, 2.45) is 5.92 Å². The average molecular weight is 475 g/mol. The van der Waals surface area contributed by atoms with Crippen molar-refractivity contribution < 1.29 is 28.7 Å². The van der Waals surface area contributed by atoms with E-state index in [2.05, 4.69) is 16.0 Å². The highest BCUT2D eigenvalue weighted by molar-refractivity contribution is 5.92. The van der Waals surface area contributed by atoms with E-state index in [0.717, 1.165) is 5.56 Å². The van der Waals surface area contributed by atoms with Crippen LogP contribution in [0.1, 0.15) is 45.6 Å². The fourth-order valence-corrected chi connectivity index (χ4v) is 3.91. The van der Waals surface area contributed by atoms with Gasteiger partial charge in [0.1, 0.15) is 12.1 Å². The molecule has 10 heteroatoms. The monoisotopic (exact) mass is 474 g/mol. The lowest BCUT2D eigenvalue weighted by molar-refractivity contribution is -0.132. The van der Waals surface area contributed by atoms with Crippen molar-refractivity contribution in [3.63, 3.8) is 0 Å². The summed E-state index contributed by atoms with van der Waals surface area (Å²) in [5.74, 6) is 0.133. The molecule has 0 aromatic heterocycles. The Morgan fingerprint density at radius 2 is 1.79 bits per heavy atom. The number of amides is 4. The molecule has 1 saturated heterocycles. The van der Waals surface area contributed by atoms with Gasteiger partial charge < -0.3 is 30.3 Å². The lowest BCUT2D eigenvalue weighted by atomic mass is 10.0. The first-order valence-electron chi connectivity index (χ1n) is 11.8. The van der Waals surface area contributed by atoms with Crippen LogP contribution < -0.4 is 25.4 Å². The Bertz CT molecular complexity index is 919. The standard InChI is InChI=1S/C24H34N4O6/c1-15(2)22-24(32)25-9-5-11-28(10-4-6-20(29)26-16(3)23(31)27-22)21(30)13-17-7-8-18-19(12-17)34-14-33-18/h7-8,12,15-16,22H,4-6,9-11,13-14H2,1-3H3,(H,25,32)(H,26,29)(H,27,31)/t16-,22-/m1/s1. The first-order valence-corrected chi connectivity index (χ1v) is 11.8. The van der Waals surface area contributed by atoms with Gasteiger partial charge in [-0.15, -0.1) is 0 Å². The van der Waals surface area contributed by atoms with Crippen LogP contribution in [0.25, 0.3) is 0 Å². The molecule has 2 heterocycles. The largest absolute Gasteiger partial charge is 0.454 e. The molecule has 0 bridgehead atoms. The maximum Gasteiger partial charge on any atom is 0.242 e. The van der Waals surface area contributed by atoms with Gasteiger partial charge in [-0.2, -0.15) is 0 Å². The Hall–Kier alpha value is -3.30. The normalized spacial score (nSPS) is 22.4. The highest BCUT2D eigenvalue weighted by Gasteiger charge is 2.27. The van der Waals surface area contributed by atoms with Crippen molar-refractivity contribution >= 4 is 23.6 Å². The van der Waals surface area contributed by atoms with Crippen LogP contribution in [0, 0.1) is 5.92 Å². The van der Waals surface area contributed by atoms with Gasteiger partial charge in [-0.25, -0.2) is 0 Å². The lowest BCUT2D eigenvalue weighted by Gasteiger charge is -2.24. The van der Waals surface area contributed by atoms with Gasteiger partial charge in [0.15, 0.2) is 11.5 Å². The van der Waals surface area contributed by atoms with Crippen molar-refractivity contribution in [3.05, 3.63) is 23.8 Å². The molecule has 1 fully saturated rings. The fourth-order valence-electron chi connectivity index (χ4n) is 3.91. The van der Waals surface area contributed by atoms with E-state index in [1.807, 2.05) is 19.9 Å². The first-order chi connectivity index (χ1) is 16.2. The molecule has 0 aliphatic carbocycles. The molecule has 2 atom stereocenters. The second kappa shape index (κ2) is 11.7. The summed E-state index contributed by atoms with van der Waals surface area (Å²) in [6.07, 6.45) is 1.41.